The molecule has 9 heteroatoms. The third-order valence-electron chi connectivity index (χ3n) is 8.61. The highest BCUT2D eigenvalue weighted by Gasteiger charge is 2.31. The SMILES string of the molecule is C=C(CCN1CCCC[C@H]1C(=O)OC(CCCc1ccccc1)COCc1ccccc1)c1ccc(N2CCOCC2)nc1.C=O.C=O. The number of hydrogen-bond acceptors (Lipinski definition) is 9. The Morgan fingerprint density at radius 1 is 0.896 bits per heavy atom. The minimum atomic E-state index is -0.273. The molecule has 1 aromatic heterocycles. The van der Waals surface area contributed by atoms with Crippen molar-refractivity contribution in [3.05, 3.63) is 102 Å². The number of aromatic nitrogens is 1. The van der Waals surface area contributed by atoms with Gasteiger partial charge in [0, 0.05) is 25.8 Å². The van der Waals surface area contributed by atoms with Gasteiger partial charge in [-0.1, -0.05) is 73.7 Å². The second-order valence-electron chi connectivity index (χ2n) is 11.8. The number of benzene rings is 2. The average Bonchev–Trinajstić information content (AvgIpc) is 3.16. The second kappa shape index (κ2) is 22.4. The number of pyridine rings is 1. The molecular weight excluding hydrogens is 606 g/mol. The van der Waals surface area contributed by atoms with E-state index in [1.54, 1.807) is 0 Å². The summed E-state index contributed by atoms with van der Waals surface area (Å²) >= 11 is 0. The van der Waals surface area contributed by atoms with Crippen molar-refractivity contribution in [1.29, 1.82) is 0 Å². The van der Waals surface area contributed by atoms with Crippen molar-refractivity contribution >= 4 is 30.9 Å². The molecule has 1 unspecified atom stereocenters. The normalized spacial score (nSPS) is 16.8. The van der Waals surface area contributed by atoms with Crippen molar-refractivity contribution in [2.75, 3.05) is 50.9 Å². The lowest BCUT2D eigenvalue weighted by molar-refractivity contribution is -0.160. The Labute approximate surface area is 285 Å². The van der Waals surface area contributed by atoms with E-state index in [4.69, 9.17) is 28.8 Å². The maximum atomic E-state index is 13.6. The molecule has 3 aromatic rings. The fourth-order valence-corrected chi connectivity index (χ4v) is 6.00. The van der Waals surface area contributed by atoms with Crippen LogP contribution in [0.3, 0.4) is 0 Å². The molecule has 2 aliphatic heterocycles. The zero-order chi connectivity index (χ0) is 34.4. The first kappa shape index (κ1) is 38.3. The van der Waals surface area contributed by atoms with E-state index >= 15 is 0 Å². The first-order valence-corrected chi connectivity index (χ1v) is 16.8. The lowest BCUT2D eigenvalue weighted by Gasteiger charge is -2.35. The van der Waals surface area contributed by atoms with Crippen LogP contribution < -0.4 is 4.90 Å². The van der Waals surface area contributed by atoms with E-state index in [9.17, 15) is 4.79 Å². The zero-order valence-corrected chi connectivity index (χ0v) is 28.2. The summed E-state index contributed by atoms with van der Waals surface area (Å²) in [6.45, 7) is 14.1. The summed E-state index contributed by atoms with van der Waals surface area (Å²) in [4.78, 5) is 38.9. The Morgan fingerprint density at radius 3 is 2.25 bits per heavy atom. The van der Waals surface area contributed by atoms with Crippen molar-refractivity contribution in [3.63, 3.8) is 0 Å². The predicted molar refractivity (Wildman–Crippen MR) is 190 cm³/mol. The largest absolute Gasteiger partial charge is 0.459 e. The van der Waals surface area contributed by atoms with Crippen LogP contribution in [0.25, 0.3) is 5.57 Å². The molecular formula is C39H51N3O6. The van der Waals surface area contributed by atoms with E-state index in [0.717, 1.165) is 107 Å². The number of likely N-dealkylation sites (tertiary alicyclic amines) is 1. The number of esters is 1. The highest BCUT2D eigenvalue weighted by Crippen LogP contribution is 2.24. The van der Waals surface area contributed by atoms with Gasteiger partial charge in [-0.05, 0) is 79.5 Å². The van der Waals surface area contributed by atoms with Crippen molar-refractivity contribution in [1.82, 2.24) is 9.88 Å². The first-order chi connectivity index (χ1) is 23.7. The molecule has 0 aliphatic carbocycles. The molecule has 2 saturated heterocycles. The molecule has 0 spiro atoms. The van der Waals surface area contributed by atoms with Crippen LogP contribution in [-0.2, 0) is 41.6 Å². The fraction of sp³-hybridized carbons (Fsp3) is 0.436. The Kier molecular flexibility index (Phi) is 17.9. The number of carbonyl (C=O) groups excluding carboxylic acids is 3. The standard InChI is InChI=1S/C37H47N3O4.2CH2O/c1-30(33-18-19-36(38-27-33)40-23-25-42-26-24-40)20-22-39-21-9-8-17-35(39)37(41)44-34(16-10-15-31-11-4-2-5-12-31)29-43-28-32-13-6-3-7-14-32;2*1-2/h2-7,11-14,18-19,27,34-35H,1,8-10,15-17,20-26,28-29H2;2*1H2/t34?,35-;;/m0../s1. The van der Waals surface area contributed by atoms with Gasteiger partial charge in [0.25, 0.3) is 0 Å². The third kappa shape index (κ3) is 12.8. The van der Waals surface area contributed by atoms with E-state index in [1.807, 2.05) is 44.0 Å². The molecule has 2 aromatic carbocycles. The maximum absolute atomic E-state index is 13.6. The lowest BCUT2D eigenvalue weighted by Crippen LogP contribution is -2.47. The highest BCUT2D eigenvalue weighted by molar-refractivity contribution is 5.76. The molecule has 2 atom stereocenters. The molecule has 0 N–H and O–H groups in total. The summed E-state index contributed by atoms with van der Waals surface area (Å²) in [5.74, 6) is 0.856. The number of ether oxygens (including phenoxy) is 3. The summed E-state index contributed by atoms with van der Waals surface area (Å²) in [7, 11) is 0. The van der Waals surface area contributed by atoms with Gasteiger partial charge in [0.15, 0.2) is 0 Å². The second-order valence-corrected chi connectivity index (χ2v) is 11.8. The van der Waals surface area contributed by atoms with Crippen LogP contribution in [0.15, 0.2) is 85.6 Å². The van der Waals surface area contributed by atoms with Crippen molar-refractivity contribution in [3.8, 4) is 0 Å². The molecule has 48 heavy (non-hydrogen) atoms. The smallest absolute Gasteiger partial charge is 0.323 e. The summed E-state index contributed by atoms with van der Waals surface area (Å²) in [5, 5.41) is 0. The molecule has 0 radical (unpaired) electrons. The van der Waals surface area contributed by atoms with Crippen LogP contribution in [0.4, 0.5) is 5.82 Å². The molecule has 0 saturated carbocycles. The van der Waals surface area contributed by atoms with Gasteiger partial charge in [0.2, 0.25) is 0 Å². The van der Waals surface area contributed by atoms with Crippen LogP contribution >= 0.6 is 0 Å². The van der Waals surface area contributed by atoms with Gasteiger partial charge in [0.1, 0.15) is 31.5 Å². The fourth-order valence-electron chi connectivity index (χ4n) is 6.00. The van der Waals surface area contributed by atoms with Crippen molar-refractivity contribution in [2.45, 2.75) is 63.7 Å². The summed E-state index contributed by atoms with van der Waals surface area (Å²) < 4.78 is 17.7. The topological polar surface area (TPSA) is 98.3 Å². The van der Waals surface area contributed by atoms with Gasteiger partial charge in [-0.15, -0.1) is 0 Å². The van der Waals surface area contributed by atoms with Crippen LogP contribution in [-0.4, -0.2) is 87.6 Å². The van der Waals surface area contributed by atoms with Crippen molar-refractivity contribution in [2.24, 2.45) is 0 Å². The van der Waals surface area contributed by atoms with Gasteiger partial charge in [-0.3, -0.25) is 9.69 Å². The number of rotatable bonds is 15. The van der Waals surface area contributed by atoms with Gasteiger partial charge in [0.05, 0.1) is 26.4 Å². The van der Waals surface area contributed by atoms with E-state index in [-0.39, 0.29) is 18.1 Å². The van der Waals surface area contributed by atoms with Gasteiger partial charge in [-0.25, -0.2) is 4.98 Å². The Morgan fingerprint density at radius 2 is 1.58 bits per heavy atom. The lowest BCUT2D eigenvalue weighted by atomic mass is 10.00. The highest BCUT2D eigenvalue weighted by atomic mass is 16.6. The number of anilines is 1. The summed E-state index contributed by atoms with van der Waals surface area (Å²) in [6, 6.07) is 24.6. The number of nitrogens with zero attached hydrogens (tertiary/aromatic N) is 3. The number of aryl methyl sites for hydroxylation is 1. The van der Waals surface area contributed by atoms with Crippen LogP contribution in [0.1, 0.15) is 55.2 Å². The molecule has 5 rings (SSSR count). The van der Waals surface area contributed by atoms with Crippen LogP contribution in [0.2, 0.25) is 0 Å². The molecule has 0 amide bonds. The third-order valence-corrected chi connectivity index (χ3v) is 8.61. The van der Waals surface area contributed by atoms with Gasteiger partial charge >= 0.3 is 5.97 Å². The minimum absolute atomic E-state index is 0.125. The summed E-state index contributed by atoms with van der Waals surface area (Å²) in [5.41, 5.74) is 4.50. The Hall–Kier alpha value is -4.18. The van der Waals surface area contributed by atoms with Gasteiger partial charge < -0.3 is 28.7 Å². The summed E-state index contributed by atoms with van der Waals surface area (Å²) in [6.07, 6.45) is 8.03. The monoisotopic (exact) mass is 657 g/mol. The van der Waals surface area contributed by atoms with Crippen molar-refractivity contribution < 1.29 is 28.6 Å². The Bertz CT molecular complexity index is 1270. The predicted octanol–water partition coefficient (Wildman–Crippen LogP) is 5.96. The molecule has 9 nitrogen and oxygen atoms in total. The first-order valence-electron chi connectivity index (χ1n) is 16.8. The zero-order valence-electron chi connectivity index (χ0n) is 28.2. The number of morpholine rings is 1. The van der Waals surface area contributed by atoms with E-state index in [1.165, 1.54) is 5.56 Å². The molecule has 0 bridgehead atoms. The molecule has 2 fully saturated rings. The minimum Gasteiger partial charge on any atom is -0.459 e. The molecule has 258 valence electrons. The van der Waals surface area contributed by atoms with Crippen LogP contribution in [0, 0.1) is 0 Å². The maximum Gasteiger partial charge on any atom is 0.323 e. The Balaban J connectivity index is 0.00000151. The van der Waals surface area contributed by atoms with E-state index in [2.05, 4.69) is 64.9 Å². The van der Waals surface area contributed by atoms with E-state index in [0.29, 0.717) is 13.2 Å². The van der Waals surface area contributed by atoms with Gasteiger partial charge in [-0.2, -0.15) is 0 Å². The molecule has 2 aliphatic rings. The molecule has 3 heterocycles. The number of piperidine rings is 1. The number of carbonyl (C=O) groups is 3. The quantitative estimate of drug-likeness (QED) is 0.184. The van der Waals surface area contributed by atoms with Crippen LogP contribution in [0.5, 0.6) is 0 Å². The van der Waals surface area contributed by atoms with E-state index < -0.39 is 0 Å². The average molecular weight is 658 g/mol. The number of hydrogen-bond donors (Lipinski definition) is 0.